The maximum Gasteiger partial charge on any atom is 0.409 e. The molecule has 7 heteroatoms. The Balaban J connectivity index is 2.30. The fraction of sp³-hybridized carbons (Fsp3) is 0.889. The van der Waals surface area contributed by atoms with E-state index < -0.39 is 0 Å². The molecular weight excluding hydrogens is 320 g/mol. The fourth-order valence-electron chi connectivity index (χ4n) is 2.58. The van der Waals surface area contributed by atoms with E-state index in [4.69, 9.17) is 9.47 Å². The molecule has 0 aromatic rings. The van der Waals surface area contributed by atoms with Gasteiger partial charge in [0.15, 0.2) is 5.96 Å². The molecule has 0 bridgehead atoms. The lowest BCUT2D eigenvalue weighted by atomic mass is 10.1. The highest BCUT2D eigenvalue weighted by atomic mass is 16.6. The number of nitrogens with one attached hydrogen (secondary N) is 2. The van der Waals surface area contributed by atoms with Gasteiger partial charge in [-0.15, -0.1) is 0 Å². The average Bonchev–Trinajstić information content (AvgIpc) is 2.58. The Bertz CT molecular complexity index is 394. The van der Waals surface area contributed by atoms with Crippen LogP contribution in [0, 0.1) is 5.92 Å². The van der Waals surface area contributed by atoms with Crippen molar-refractivity contribution in [3.05, 3.63) is 0 Å². The number of piperidine rings is 1. The number of hydrogen-bond acceptors (Lipinski definition) is 4. The Morgan fingerprint density at radius 1 is 1.24 bits per heavy atom. The zero-order valence-electron chi connectivity index (χ0n) is 16.3. The second-order valence-electron chi connectivity index (χ2n) is 6.66. The Kier molecular flexibility index (Phi) is 11.0. The smallest absolute Gasteiger partial charge is 0.409 e. The lowest BCUT2D eigenvalue weighted by Crippen LogP contribution is -2.50. The van der Waals surface area contributed by atoms with Crippen LogP contribution < -0.4 is 10.6 Å². The summed E-state index contributed by atoms with van der Waals surface area (Å²) in [6.45, 7) is 13.0. The van der Waals surface area contributed by atoms with Crippen LogP contribution in [-0.2, 0) is 9.47 Å². The molecule has 0 aromatic heterocycles. The zero-order valence-corrected chi connectivity index (χ0v) is 16.3. The zero-order chi connectivity index (χ0) is 18.5. The lowest BCUT2D eigenvalue weighted by molar-refractivity contribution is 0.0963. The minimum atomic E-state index is -0.208. The van der Waals surface area contributed by atoms with Crippen molar-refractivity contribution in [2.75, 3.05) is 46.0 Å². The van der Waals surface area contributed by atoms with E-state index in [1.807, 2.05) is 6.92 Å². The number of nitrogens with zero attached hydrogens (tertiary/aromatic N) is 2. The van der Waals surface area contributed by atoms with Crippen molar-refractivity contribution in [2.24, 2.45) is 10.9 Å². The van der Waals surface area contributed by atoms with Crippen LogP contribution >= 0.6 is 0 Å². The van der Waals surface area contributed by atoms with E-state index >= 15 is 0 Å². The first kappa shape index (κ1) is 21.5. The van der Waals surface area contributed by atoms with E-state index in [1.54, 1.807) is 4.90 Å². The van der Waals surface area contributed by atoms with Gasteiger partial charge in [0.25, 0.3) is 0 Å². The van der Waals surface area contributed by atoms with Gasteiger partial charge < -0.3 is 25.0 Å². The molecule has 0 aliphatic carbocycles. The van der Waals surface area contributed by atoms with Crippen LogP contribution in [0.4, 0.5) is 4.79 Å². The lowest BCUT2D eigenvalue weighted by Gasteiger charge is -2.32. The maximum absolute atomic E-state index is 11.7. The molecule has 146 valence electrons. The van der Waals surface area contributed by atoms with Crippen LogP contribution in [0.2, 0.25) is 0 Å². The molecule has 7 nitrogen and oxygen atoms in total. The van der Waals surface area contributed by atoms with Gasteiger partial charge >= 0.3 is 6.09 Å². The highest BCUT2D eigenvalue weighted by Crippen LogP contribution is 2.11. The molecular formula is C18H36N4O3. The standard InChI is InChI=1S/C18H36N4O3/c1-5-19-17(20-10-14-24-13-9-15(3)4)21-16-7-11-22(12-8-16)18(23)25-6-2/h15-16H,5-14H2,1-4H3,(H2,19,20,21). The number of likely N-dealkylation sites (tertiary alicyclic amines) is 1. The summed E-state index contributed by atoms with van der Waals surface area (Å²) in [7, 11) is 0. The number of aliphatic imine (C=N–C) groups is 1. The Labute approximate surface area is 152 Å². The third-order valence-corrected chi connectivity index (χ3v) is 4.05. The summed E-state index contributed by atoms with van der Waals surface area (Å²) in [5, 5.41) is 6.73. The Morgan fingerprint density at radius 3 is 2.56 bits per heavy atom. The van der Waals surface area contributed by atoms with Gasteiger partial charge in [0.2, 0.25) is 0 Å². The van der Waals surface area contributed by atoms with Crippen molar-refractivity contribution in [1.29, 1.82) is 0 Å². The monoisotopic (exact) mass is 356 g/mol. The topological polar surface area (TPSA) is 75.2 Å². The first-order valence-corrected chi connectivity index (χ1v) is 9.61. The molecule has 25 heavy (non-hydrogen) atoms. The molecule has 0 aromatic carbocycles. The molecule has 0 atom stereocenters. The highest BCUT2D eigenvalue weighted by Gasteiger charge is 2.23. The minimum Gasteiger partial charge on any atom is -0.450 e. The first-order chi connectivity index (χ1) is 12.1. The molecule has 0 spiro atoms. The van der Waals surface area contributed by atoms with Crippen molar-refractivity contribution < 1.29 is 14.3 Å². The largest absolute Gasteiger partial charge is 0.450 e. The molecule has 0 saturated carbocycles. The molecule has 2 N–H and O–H groups in total. The summed E-state index contributed by atoms with van der Waals surface area (Å²) in [6.07, 6.45) is 2.67. The summed E-state index contributed by atoms with van der Waals surface area (Å²) in [5.74, 6) is 1.49. The van der Waals surface area contributed by atoms with Gasteiger partial charge in [-0.25, -0.2) is 4.79 Å². The normalized spacial score (nSPS) is 16.2. The molecule has 1 fully saturated rings. The van der Waals surface area contributed by atoms with Crippen LogP contribution in [-0.4, -0.2) is 69.0 Å². The first-order valence-electron chi connectivity index (χ1n) is 9.61. The number of carbonyl (C=O) groups is 1. The number of guanidine groups is 1. The summed E-state index contributed by atoms with van der Waals surface area (Å²) in [5.41, 5.74) is 0. The van der Waals surface area contributed by atoms with Crippen molar-refractivity contribution in [3.8, 4) is 0 Å². The van der Waals surface area contributed by atoms with Gasteiger partial charge in [-0.3, -0.25) is 4.99 Å². The van der Waals surface area contributed by atoms with Crippen molar-refractivity contribution >= 4 is 12.1 Å². The second kappa shape index (κ2) is 12.8. The molecule has 1 amide bonds. The number of ether oxygens (including phenoxy) is 2. The van der Waals surface area contributed by atoms with Crippen molar-refractivity contribution in [2.45, 2.75) is 53.0 Å². The SMILES string of the molecule is CCNC(=NCCOCCC(C)C)NC1CCN(C(=O)OCC)CC1. The van der Waals surface area contributed by atoms with E-state index in [1.165, 1.54) is 0 Å². The summed E-state index contributed by atoms with van der Waals surface area (Å²) >= 11 is 0. The van der Waals surface area contributed by atoms with Crippen molar-refractivity contribution in [3.63, 3.8) is 0 Å². The van der Waals surface area contributed by atoms with Gasteiger partial charge in [-0.1, -0.05) is 13.8 Å². The van der Waals surface area contributed by atoms with Crippen LogP contribution in [0.3, 0.4) is 0 Å². The molecule has 0 radical (unpaired) electrons. The fourth-order valence-corrected chi connectivity index (χ4v) is 2.58. The Hall–Kier alpha value is -1.50. The summed E-state index contributed by atoms with van der Waals surface area (Å²) in [4.78, 5) is 18.1. The van der Waals surface area contributed by atoms with Gasteiger partial charge in [0, 0.05) is 32.3 Å². The van der Waals surface area contributed by atoms with E-state index in [-0.39, 0.29) is 6.09 Å². The molecule has 0 unspecified atom stereocenters. The number of amides is 1. The average molecular weight is 357 g/mol. The second-order valence-corrected chi connectivity index (χ2v) is 6.66. The van der Waals surface area contributed by atoms with Crippen molar-refractivity contribution in [1.82, 2.24) is 15.5 Å². The Morgan fingerprint density at radius 2 is 1.96 bits per heavy atom. The van der Waals surface area contributed by atoms with Crippen LogP contribution in [0.5, 0.6) is 0 Å². The summed E-state index contributed by atoms with van der Waals surface area (Å²) < 4.78 is 10.7. The quantitative estimate of drug-likeness (QED) is 0.376. The van der Waals surface area contributed by atoms with E-state index in [9.17, 15) is 4.79 Å². The predicted octanol–water partition coefficient (Wildman–Crippen LogP) is 2.23. The number of rotatable bonds is 9. The van der Waals surface area contributed by atoms with E-state index in [2.05, 4.69) is 36.4 Å². The molecule has 1 aliphatic heterocycles. The van der Waals surface area contributed by atoms with Gasteiger partial charge in [-0.05, 0) is 39.0 Å². The third-order valence-electron chi connectivity index (χ3n) is 4.05. The van der Waals surface area contributed by atoms with E-state index in [0.717, 1.165) is 38.4 Å². The molecule has 1 aliphatic rings. The van der Waals surface area contributed by atoms with Crippen LogP contribution in [0.25, 0.3) is 0 Å². The van der Waals surface area contributed by atoms with E-state index in [0.29, 0.717) is 44.8 Å². The molecule has 1 rings (SSSR count). The third kappa shape index (κ3) is 9.53. The van der Waals surface area contributed by atoms with Crippen LogP contribution in [0.1, 0.15) is 47.0 Å². The molecule has 1 heterocycles. The summed E-state index contributed by atoms with van der Waals surface area (Å²) in [6, 6.07) is 0.324. The molecule has 1 saturated heterocycles. The van der Waals surface area contributed by atoms with Gasteiger partial charge in [0.05, 0.1) is 19.8 Å². The van der Waals surface area contributed by atoms with Gasteiger partial charge in [-0.2, -0.15) is 0 Å². The maximum atomic E-state index is 11.7. The predicted molar refractivity (Wildman–Crippen MR) is 101 cm³/mol. The minimum absolute atomic E-state index is 0.208. The number of hydrogen-bond donors (Lipinski definition) is 2. The highest BCUT2D eigenvalue weighted by molar-refractivity contribution is 5.80. The van der Waals surface area contributed by atoms with Crippen LogP contribution in [0.15, 0.2) is 4.99 Å². The number of carbonyl (C=O) groups excluding carboxylic acids is 1. The van der Waals surface area contributed by atoms with Gasteiger partial charge in [0.1, 0.15) is 0 Å².